The van der Waals surface area contributed by atoms with Crippen molar-refractivity contribution in [2.45, 2.75) is 37.6 Å². The van der Waals surface area contributed by atoms with Crippen LogP contribution in [0.2, 0.25) is 0 Å². The van der Waals surface area contributed by atoms with E-state index in [9.17, 15) is 18.0 Å². The van der Waals surface area contributed by atoms with Gasteiger partial charge in [0.05, 0.1) is 19.3 Å². The highest BCUT2D eigenvalue weighted by Crippen LogP contribution is 2.44. The average molecular weight is 456 g/mol. The third-order valence-electron chi connectivity index (χ3n) is 6.40. The Morgan fingerprint density at radius 1 is 1.12 bits per heavy atom. The fraction of sp³-hybridized carbons (Fsp3) is 0.333. The van der Waals surface area contributed by atoms with Gasteiger partial charge in [0, 0.05) is 19.5 Å². The van der Waals surface area contributed by atoms with Gasteiger partial charge in [0.2, 0.25) is 0 Å². The summed E-state index contributed by atoms with van der Waals surface area (Å²) in [6.45, 7) is 0.926. The number of nitrogens with zero attached hydrogens (tertiary/aromatic N) is 3. The van der Waals surface area contributed by atoms with Crippen molar-refractivity contribution >= 4 is 11.7 Å². The molecule has 0 fully saturated rings. The number of halogens is 3. The van der Waals surface area contributed by atoms with Gasteiger partial charge in [-0.2, -0.15) is 18.3 Å². The number of fused-ring (bicyclic) bond motifs is 2. The number of amides is 1. The summed E-state index contributed by atoms with van der Waals surface area (Å²) in [7, 11) is 1.53. The largest absolute Gasteiger partial charge is 0.497 e. The zero-order chi connectivity index (χ0) is 23.2. The van der Waals surface area contributed by atoms with Crippen LogP contribution in [0.15, 0.2) is 54.7 Å². The van der Waals surface area contributed by atoms with Crippen LogP contribution < -0.4 is 10.1 Å². The number of hydrogen-bond donors (Lipinski definition) is 1. The minimum atomic E-state index is -4.50. The fourth-order valence-corrected chi connectivity index (χ4v) is 4.61. The second-order valence-corrected chi connectivity index (χ2v) is 8.36. The molecule has 3 aromatic rings. The van der Waals surface area contributed by atoms with Gasteiger partial charge >= 0.3 is 6.18 Å². The van der Waals surface area contributed by atoms with E-state index in [1.807, 2.05) is 24.3 Å². The minimum absolute atomic E-state index is 0.105. The van der Waals surface area contributed by atoms with Crippen LogP contribution >= 0.6 is 0 Å². The number of benzene rings is 2. The van der Waals surface area contributed by atoms with Crippen molar-refractivity contribution in [2.75, 3.05) is 19.0 Å². The lowest BCUT2D eigenvalue weighted by molar-refractivity contribution is -0.173. The zero-order valence-corrected chi connectivity index (χ0v) is 18.0. The Labute approximate surface area is 189 Å². The first-order valence-electron chi connectivity index (χ1n) is 10.8. The molecule has 0 saturated heterocycles. The van der Waals surface area contributed by atoms with Crippen molar-refractivity contribution in [3.05, 3.63) is 77.0 Å². The SMILES string of the molecule is COc1ccc(C2CC(C(F)(F)F)n3ncc(C(=O)N4CCc5ccccc5C4)c3N2)cc1. The molecular weight excluding hydrogens is 433 g/mol. The number of aromatic nitrogens is 2. The van der Waals surface area contributed by atoms with E-state index < -0.39 is 18.3 Å². The topological polar surface area (TPSA) is 59.4 Å². The van der Waals surface area contributed by atoms with Gasteiger partial charge in [0.25, 0.3) is 5.91 Å². The number of anilines is 1. The van der Waals surface area contributed by atoms with Crippen LogP contribution in [-0.4, -0.2) is 40.4 Å². The standard InChI is InChI=1S/C24H23F3N4O2/c1-33-18-8-6-16(7-9-18)20-12-21(24(25,26)27)31-22(29-20)19(13-28-31)23(32)30-11-10-15-4-2-3-5-17(15)14-30/h2-9,13,20-21,29H,10-12,14H2,1H3. The van der Waals surface area contributed by atoms with Gasteiger partial charge in [-0.05, 0) is 35.2 Å². The van der Waals surface area contributed by atoms with Crippen LogP contribution in [0.3, 0.4) is 0 Å². The van der Waals surface area contributed by atoms with Crippen molar-refractivity contribution < 1.29 is 22.7 Å². The molecule has 2 aliphatic heterocycles. The summed E-state index contributed by atoms with van der Waals surface area (Å²) in [5.41, 5.74) is 3.08. The molecule has 0 aliphatic carbocycles. The van der Waals surface area contributed by atoms with Crippen molar-refractivity contribution in [2.24, 2.45) is 0 Å². The van der Waals surface area contributed by atoms with Crippen molar-refractivity contribution in [3.63, 3.8) is 0 Å². The number of nitrogens with one attached hydrogen (secondary N) is 1. The number of methoxy groups -OCH3 is 1. The molecule has 1 N–H and O–H groups in total. The molecule has 1 amide bonds. The molecule has 1 aromatic heterocycles. The van der Waals surface area contributed by atoms with Crippen LogP contribution in [0, 0.1) is 0 Å². The molecule has 2 atom stereocenters. The Hall–Kier alpha value is -3.49. The first-order valence-corrected chi connectivity index (χ1v) is 10.8. The molecule has 5 rings (SSSR count). The molecule has 0 radical (unpaired) electrons. The molecule has 172 valence electrons. The maximum atomic E-state index is 14.0. The number of carbonyl (C=O) groups is 1. The van der Waals surface area contributed by atoms with E-state index in [-0.39, 0.29) is 23.7 Å². The highest BCUT2D eigenvalue weighted by molar-refractivity contribution is 5.99. The molecule has 0 bridgehead atoms. The van der Waals surface area contributed by atoms with Crippen molar-refractivity contribution in [3.8, 4) is 5.75 Å². The highest BCUT2D eigenvalue weighted by Gasteiger charge is 2.47. The quantitative estimate of drug-likeness (QED) is 0.618. The third kappa shape index (κ3) is 3.92. The maximum Gasteiger partial charge on any atom is 0.410 e. The molecule has 6 nitrogen and oxygen atoms in total. The predicted molar refractivity (Wildman–Crippen MR) is 116 cm³/mol. The van der Waals surface area contributed by atoms with Crippen molar-refractivity contribution in [1.82, 2.24) is 14.7 Å². The summed E-state index contributed by atoms with van der Waals surface area (Å²) in [6, 6.07) is 12.3. The molecule has 3 heterocycles. The van der Waals surface area contributed by atoms with E-state index in [2.05, 4.69) is 10.4 Å². The van der Waals surface area contributed by atoms with Crippen LogP contribution in [0.25, 0.3) is 0 Å². The first kappa shape index (κ1) is 21.4. The lowest BCUT2D eigenvalue weighted by Gasteiger charge is -2.34. The molecule has 0 spiro atoms. The Morgan fingerprint density at radius 3 is 2.55 bits per heavy atom. The van der Waals surface area contributed by atoms with E-state index in [0.29, 0.717) is 30.8 Å². The minimum Gasteiger partial charge on any atom is -0.497 e. The molecule has 0 saturated carbocycles. The molecule has 2 aromatic carbocycles. The first-order chi connectivity index (χ1) is 15.8. The Balaban J connectivity index is 1.47. The van der Waals surface area contributed by atoms with Gasteiger partial charge in [-0.25, -0.2) is 4.68 Å². The van der Waals surface area contributed by atoms with E-state index in [1.54, 1.807) is 29.2 Å². The highest BCUT2D eigenvalue weighted by atomic mass is 19.4. The van der Waals surface area contributed by atoms with E-state index >= 15 is 0 Å². The second kappa shape index (κ2) is 8.13. The normalized spacial score (nSPS) is 19.9. The summed E-state index contributed by atoms with van der Waals surface area (Å²) in [4.78, 5) is 15.0. The van der Waals surface area contributed by atoms with Gasteiger partial charge in [-0.1, -0.05) is 36.4 Å². The van der Waals surface area contributed by atoms with Crippen LogP contribution in [-0.2, 0) is 13.0 Å². The summed E-state index contributed by atoms with van der Waals surface area (Å²) in [6.07, 6.45) is -2.77. The monoisotopic (exact) mass is 456 g/mol. The van der Waals surface area contributed by atoms with Crippen LogP contribution in [0.5, 0.6) is 5.75 Å². The molecule has 2 unspecified atom stereocenters. The summed E-state index contributed by atoms with van der Waals surface area (Å²) >= 11 is 0. The lowest BCUT2D eigenvalue weighted by atomic mass is 9.96. The van der Waals surface area contributed by atoms with Gasteiger partial charge in [-0.15, -0.1) is 0 Å². The Morgan fingerprint density at radius 2 is 1.85 bits per heavy atom. The number of rotatable bonds is 3. The van der Waals surface area contributed by atoms with E-state index in [0.717, 1.165) is 10.2 Å². The summed E-state index contributed by atoms with van der Waals surface area (Å²) < 4.78 is 47.9. The van der Waals surface area contributed by atoms with Gasteiger partial charge in [0.15, 0.2) is 6.04 Å². The van der Waals surface area contributed by atoms with E-state index in [4.69, 9.17) is 4.74 Å². The van der Waals surface area contributed by atoms with Crippen LogP contribution in [0.4, 0.5) is 19.0 Å². The maximum absolute atomic E-state index is 14.0. The molecular formula is C24H23F3N4O2. The molecule has 2 aliphatic rings. The summed E-state index contributed by atoms with van der Waals surface area (Å²) in [5.74, 6) is 0.399. The van der Waals surface area contributed by atoms with E-state index in [1.165, 1.54) is 18.9 Å². The molecule has 9 heteroatoms. The number of alkyl halides is 3. The average Bonchev–Trinajstić information content (AvgIpc) is 3.26. The summed E-state index contributed by atoms with van der Waals surface area (Å²) in [5, 5.41) is 7.14. The lowest BCUT2D eigenvalue weighted by Crippen LogP contribution is -2.38. The molecule has 33 heavy (non-hydrogen) atoms. The number of hydrogen-bond acceptors (Lipinski definition) is 4. The van der Waals surface area contributed by atoms with Gasteiger partial charge < -0.3 is 15.0 Å². The second-order valence-electron chi connectivity index (χ2n) is 8.36. The smallest absolute Gasteiger partial charge is 0.410 e. The zero-order valence-electron chi connectivity index (χ0n) is 18.0. The number of ether oxygens (including phenoxy) is 1. The van der Waals surface area contributed by atoms with Crippen LogP contribution in [0.1, 0.15) is 45.6 Å². The third-order valence-corrected chi connectivity index (χ3v) is 6.40. The fourth-order valence-electron chi connectivity index (χ4n) is 4.61. The van der Waals surface area contributed by atoms with Gasteiger partial charge in [0.1, 0.15) is 17.1 Å². The Bertz CT molecular complexity index is 1170. The van der Waals surface area contributed by atoms with Crippen molar-refractivity contribution in [1.29, 1.82) is 0 Å². The van der Waals surface area contributed by atoms with Gasteiger partial charge in [-0.3, -0.25) is 4.79 Å². The Kier molecular flexibility index (Phi) is 5.26. The predicted octanol–water partition coefficient (Wildman–Crippen LogP) is 4.75. The number of carbonyl (C=O) groups excluding carboxylic acids is 1.